The molecule has 0 N–H and O–H groups in total. The molecule has 0 bridgehead atoms. The summed E-state index contributed by atoms with van der Waals surface area (Å²) in [6, 6.07) is 0. The monoisotopic (exact) mass is 270 g/mol. The average molecular weight is 271 g/mol. The highest BCUT2D eigenvalue weighted by molar-refractivity contribution is 6.34. The molecule has 0 aliphatic carbocycles. The van der Waals surface area contributed by atoms with Crippen molar-refractivity contribution in [3.8, 4) is 0 Å². The molecule has 0 amide bonds. The molecule has 0 saturated carbocycles. The van der Waals surface area contributed by atoms with E-state index in [9.17, 15) is 4.79 Å². The second-order valence-electron chi connectivity index (χ2n) is 3.93. The number of nitrogens with zero attached hydrogens (tertiary/aromatic N) is 2. The molecule has 0 aliphatic heterocycles. The molecule has 0 fully saturated rings. The fraction of sp³-hybridized carbons (Fsp3) is 0.538. The third-order valence-corrected chi connectivity index (χ3v) is 3.06. The third-order valence-electron chi connectivity index (χ3n) is 2.78. The summed E-state index contributed by atoms with van der Waals surface area (Å²) in [5.41, 5.74) is 1.55. The van der Waals surface area contributed by atoms with E-state index in [1.807, 2.05) is 13.8 Å². The summed E-state index contributed by atoms with van der Waals surface area (Å²) in [5, 5.41) is 4.48. The Kier molecular flexibility index (Phi) is 6.09. The third kappa shape index (κ3) is 3.68. The van der Waals surface area contributed by atoms with Crippen LogP contribution in [0.4, 0.5) is 0 Å². The first-order valence-corrected chi connectivity index (χ1v) is 6.45. The maximum atomic E-state index is 12.2. The van der Waals surface area contributed by atoms with Crippen molar-refractivity contribution in [3.63, 3.8) is 0 Å². The molecule has 100 valence electrons. The van der Waals surface area contributed by atoms with E-state index >= 15 is 0 Å². The Labute approximate surface area is 113 Å². The van der Waals surface area contributed by atoms with Gasteiger partial charge in [-0.05, 0) is 18.9 Å². The summed E-state index contributed by atoms with van der Waals surface area (Å²) >= 11 is 6.01. The fourth-order valence-corrected chi connectivity index (χ4v) is 1.90. The predicted octanol–water partition coefficient (Wildman–Crippen LogP) is 3.11. The van der Waals surface area contributed by atoms with E-state index in [2.05, 4.69) is 5.10 Å². The number of ketones is 1. The Balaban J connectivity index is 2.97. The number of methoxy groups -OCH3 is 1. The number of rotatable bonds is 7. The van der Waals surface area contributed by atoms with Gasteiger partial charge in [0.2, 0.25) is 5.78 Å². The van der Waals surface area contributed by atoms with E-state index in [1.165, 1.54) is 6.20 Å². The summed E-state index contributed by atoms with van der Waals surface area (Å²) in [5.74, 6) is -0.0905. The predicted molar refractivity (Wildman–Crippen MR) is 72.1 cm³/mol. The standard InChI is InChI=1S/C13H19ClN2O2/c1-4-10(5-2)8-12(17)13-11(14)9-15-16(13)6-7-18-3/h8-9H,4-7H2,1-3H3. The lowest BCUT2D eigenvalue weighted by Crippen LogP contribution is -2.13. The molecule has 0 saturated heterocycles. The molecule has 1 aromatic rings. The van der Waals surface area contributed by atoms with Crippen LogP contribution in [-0.2, 0) is 11.3 Å². The normalized spacial score (nSPS) is 10.4. The van der Waals surface area contributed by atoms with Crippen LogP contribution >= 0.6 is 11.6 Å². The largest absolute Gasteiger partial charge is 0.383 e. The van der Waals surface area contributed by atoms with Crippen molar-refractivity contribution in [2.45, 2.75) is 33.2 Å². The van der Waals surface area contributed by atoms with Crippen LogP contribution in [0.15, 0.2) is 17.8 Å². The maximum absolute atomic E-state index is 12.2. The van der Waals surface area contributed by atoms with Gasteiger partial charge in [0.15, 0.2) is 0 Å². The quantitative estimate of drug-likeness (QED) is 0.565. The minimum Gasteiger partial charge on any atom is -0.383 e. The summed E-state index contributed by atoms with van der Waals surface area (Å²) in [7, 11) is 1.61. The molecule has 18 heavy (non-hydrogen) atoms. The second-order valence-corrected chi connectivity index (χ2v) is 4.34. The summed E-state index contributed by atoms with van der Waals surface area (Å²) in [6.07, 6.45) is 4.89. The van der Waals surface area contributed by atoms with Gasteiger partial charge in [-0.2, -0.15) is 5.10 Å². The Morgan fingerprint density at radius 2 is 2.17 bits per heavy atom. The van der Waals surface area contributed by atoms with Gasteiger partial charge in [0.25, 0.3) is 0 Å². The van der Waals surface area contributed by atoms with Gasteiger partial charge in [-0.15, -0.1) is 0 Å². The van der Waals surface area contributed by atoms with Crippen LogP contribution in [0.5, 0.6) is 0 Å². The van der Waals surface area contributed by atoms with Gasteiger partial charge < -0.3 is 4.74 Å². The first-order valence-electron chi connectivity index (χ1n) is 6.08. The SMILES string of the molecule is CCC(=CC(=O)c1c(Cl)cnn1CCOC)CC. The topological polar surface area (TPSA) is 44.1 Å². The molecule has 0 aromatic carbocycles. The highest BCUT2D eigenvalue weighted by atomic mass is 35.5. The Hall–Kier alpha value is -1.13. The summed E-state index contributed by atoms with van der Waals surface area (Å²) in [4.78, 5) is 12.2. The molecule has 0 unspecified atom stereocenters. The Bertz CT molecular complexity index is 432. The molecule has 1 aromatic heterocycles. The van der Waals surface area contributed by atoms with Crippen molar-refractivity contribution in [3.05, 3.63) is 28.6 Å². The number of halogens is 1. The fourth-order valence-electron chi connectivity index (χ4n) is 1.66. The molecule has 1 heterocycles. The van der Waals surface area contributed by atoms with E-state index in [4.69, 9.17) is 16.3 Å². The number of aromatic nitrogens is 2. The molecular weight excluding hydrogens is 252 g/mol. The second kappa shape index (κ2) is 7.34. The maximum Gasteiger partial charge on any atom is 0.205 e. The van der Waals surface area contributed by atoms with Crippen LogP contribution in [-0.4, -0.2) is 29.3 Å². The number of carbonyl (C=O) groups excluding carboxylic acids is 1. The van der Waals surface area contributed by atoms with Crippen LogP contribution in [0.25, 0.3) is 0 Å². The zero-order valence-corrected chi connectivity index (χ0v) is 11.8. The molecule has 4 nitrogen and oxygen atoms in total. The molecule has 0 aliphatic rings. The van der Waals surface area contributed by atoms with Gasteiger partial charge in [-0.3, -0.25) is 9.48 Å². The minimum absolute atomic E-state index is 0.0905. The van der Waals surface area contributed by atoms with Gasteiger partial charge in [-0.25, -0.2) is 0 Å². The van der Waals surface area contributed by atoms with Crippen molar-refractivity contribution < 1.29 is 9.53 Å². The highest BCUT2D eigenvalue weighted by Gasteiger charge is 2.15. The molecule has 0 spiro atoms. The molecular formula is C13H19ClN2O2. The van der Waals surface area contributed by atoms with Crippen molar-refractivity contribution >= 4 is 17.4 Å². The number of hydrogen-bond acceptors (Lipinski definition) is 3. The number of carbonyl (C=O) groups is 1. The van der Waals surface area contributed by atoms with Crippen molar-refractivity contribution in [2.75, 3.05) is 13.7 Å². The number of hydrogen-bond donors (Lipinski definition) is 0. The van der Waals surface area contributed by atoms with Gasteiger partial charge in [0.1, 0.15) is 5.69 Å². The zero-order chi connectivity index (χ0) is 13.5. The van der Waals surface area contributed by atoms with Crippen LogP contribution in [0.3, 0.4) is 0 Å². The molecule has 0 radical (unpaired) electrons. The first kappa shape index (κ1) is 14.9. The van der Waals surface area contributed by atoms with Crippen LogP contribution < -0.4 is 0 Å². The lowest BCUT2D eigenvalue weighted by molar-refractivity contribution is 0.103. The number of allylic oxidation sites excluding steroid dienone is 2. The molecule has 5 heteroatoms. The molecule has 1 rings (SSSR count). The zero-order valence-electron chi connectivity index (χ0n) is 11.1. The van der Waals surface area contributed by atoms with Crippen molar-refractivity contribution in [1.82, 2.24) is 9.78 Å². The Morgan fingerprint density at radius 1 is 1.50 bits per heavy atom. The average Bonchev–Trinajstić information content (AvgIpc) is 2.74. The van der Waals surface area contributed by atoms with E-state index in [1.54, 1.807) is 17.9 Å². The highest BCUT2D eigenvalue weighted by Crippen LogP contribution is 2.18. The van der Waals surface area contributed by atoms with E-state index in [0.29, 0.717) is 23.9 Å². The van der Waals surface area contributed by atoms with Gasteiger partial charge in [0, 0.05) is 7.11 Å². The first-order chi connectivity index (χ1) is 8.63. The van der Waals surface area contributed by atoms with Gasteiger partial charge >= 0.3 is 0 Å². The Morgan fingerprint density at radius 3 is 2.72 bits per heavy atom. The van der Waals surface area contributed by atoms with Crippen LogP contribution in [0.1, 0.15) is 37.2 Å². The van der Waals surface area contributed by atoms with Crippen LogP contribution in [0.2, 0.25) is 5.02 Å². The van der Waals surface area contributed by atoms with Gasteiger partial charge in [0.05, 0.1) is 24.4 Å². The minimum atomic E-state index is -0.0905. The summed E-state index contributed by atoms with van der Waals surface area (Å²) in [6.45, 7) is 5.08. The van der Waals surface area contributed by atoms with Gasteiger partial charge in [-0.1, -0.05) is 31.0 Å². The molecule has 0 atom stereocenters. The smallest absolute Gasteiger partial charge is 0.205 e. The lowest BCUT2D eigenvalue weighted by atomic mass is 10.1. The summed E-state index contributed by atoms with van der Waals surface area (Å²) < 4.78 is 6.57. The van der Waals surface area contributed by atoms with E-state index in [0.717, 1.165) is 18.4 Å². The lowest BCUT2D eigenvalue weighted by Gasteiger charge is -2.06. The van der Waals surface area contributed by atoms with E-state index in [-0.39, 0.29) is 5.78 Å². The van der Waals surface area contributed by atoms with Crippen LogP contribution in [0, 0.1) is 0 Å². The van der Waals surface area contributed by atoms with Crippen molar-refractivity contribution in [1.29, 1.82) is 0 Å². The number of ether oxygens (including phenoxy) is 1. The van der Waals surface area contributed by atoms with E-state index < -0.39 is 0 Å². The van der Waals surface area contributed by atoms with Crippen molar-refractivity contribution in [2.24, 2.45) is 0 Å².